The highest BCUT2D eigenvalue weighted by atomic mass is 16.3. The lowest BCUT2D eigenvalue weighted by molar-refractivity contribution is 0.170. The molecule has 1 aliphatic carbocycles. The van der Waals surface area contributed by atoms with Crippen molar-refractivity contribution in [2.75, 3.05) is 11.4 Å². The summed E-state index contributed by atoms with van der Waals surface area (Å²) in [6.07, 6.45) is 18.9. The number of rotatable bonds is 8. The van der Waals surface area contributed by atoms with Crippen LogP contribution in [0.5, 0.6) is 0 Å². The first-order chi connectivity index (χ1) is 14.1. The number of para-hydroxylation sites is 1. The summed E-state index contributed by atoms with van der Waals surface area (Å²) in [6.45, 7) is 8.70. The highest BCUT2D eigenvalue weighted by molar-refractivity contribution is 5.58. The van der Waals surface area contributed by atoms with Crippen molar-refractivity contribution in [3.05, 3.63) is 90.1 Å². The van der Waals surface area contributed by atoms with Gasteiger partial charge in [-0.1, -0.05) is 67.3 Å². The maximum absolute atomic E-state index is 10.2. The van der Waals surface area contributed by atoms with Gasteiger partial charge in [-0.25, -0.2) is 0 Å². The van der Waals surface area contributed by atoms with Gasteiger partial charge < -0.3 is 15.3 Å². The standard InChI is InChI=1S/C26H34N2O/c1-4-11-22(19-23-12-6-5-7-13-23)14-10-17-27-25-18-20(2)28(21(3)29)26-16-9-8-15-24(25)26/h4,6,8-16,20-21,25,27,29H,1,5,7,17-19H2,2-3H3/b14-10-,22-11+. The molecule has 0 saturated heterocycles. The van der Waals surface area contributed by atoms with Gasteiger partial charge in [-0.15, -0.1) is 0 Å². The van der Waals surface area contributed by atoms with Crippen LogP contribution in [0, 0.1) is 0 Å². The fourth-order valence-electron chi connectivity index (χ4n) is 4.38. The zero-order valence-electron chi connectivity index (χ0n) is 17.7. The van der Waals surface area contributed by atoms with E-state index in [-0.39, 0.29) is 12.1 Å². The van der Waals surface area contributed by atoms with Crippen LogP contribution < -0.4 is 10.2 Å². The van der Waals surface area contributed by atoms with Gasteiger partial charge in [-0.2, -0.15) is 0 Å². The van der Waals surface area contributed by atoms with Gasteiger partial charge in [0.1, 0.15) is 6.23 Å². The molecule has 1 heterocycles. The molecule has 3 nitrogen and oxygen atoms in total. The zero-order chi connectivity index (χ0) is 20.6. The number of nitrogens with one attached hydrogen (secondary N) is 1. The summed E-state index contributed by atoms with van der Waals surface area (Å²) in [5.74, 6) is 0. The number of nitrogens with zero attached hydrogens (tertiary/aromatic N) is 1. The van der Waals surface area contributed by atoms with Crippen LogP contribution in [-0.4, -0.2) is 23.9 Å². The average Bonchev–Trinajstić information content (AvgIpc) is 2.71. The molecule has 0 fully saturated rings. The third kappa shape index (κ3) is 5.59. The van der Waals surface area contributed by atoms with Crippen molar-refractivity contribution in [3.63, 3.8) is 0 Å². The van der Waals surface area contributed by atoms with E-state index in [0.29, 0.717) is 0 Å². The molecule has 29 heavy (non-hydrogen) atoms. The zero-order valence-corrected chi connectivity index (χ0v) is 17.7. The van der Waals surface area contributed by atoms with Gasteiger partial charge in [0.15, 0.2) is 0 Å². The Bertz CT molecular complexity index is 816. The Morgan fingerprint density at radius 1 is 1.34 bits per heavy atom. The van der Waals surface area contributed by atoms with E-state index in [0.717, 1.165) is 37.9 Å². The number of hydrogen-bond acceptors (Lipinski definition) is 3. The first-order valence-electron chi connectivity index (χ1n) is 10.7. The van der Waals surface area contributed by atoms with E-state index >= 15 is 0 Å². The Morgan fingerprint density at radius 3 is 2.90 bits per heavy atom. The van der Waals surface area contributed by atoms with E-state index in [9.17, 15) is 5.11 Å². The third-order valence-electron chi connectivity index (χ3n) is 5.67. The monoisotopic (exact) mass is 390 g/mol. The first kappa shape index (κ1) is 21.4. The van der Waals surface area contributed by atoms with Crippen molar-refractivity contribution in [2.24, 2.45) is 0 Å². The molecule has 0 amide bonds. The Morgan fingerprint density at radius 2 is 2.17 bits per heavy atom. The SMILES string of the molecule is C=C/C=C(\C=C/CNC1CC(C)N(C(C)O)c2ccccc21)CC1=CCCC=C1. The largest absolute Gasteiger partial charge is 0.374 e. The fourth-order valence-corrected chi connectivity index (χ4v) is 4.38. The Kier molecular flexibility index (Phi) is 7.68. The minimum atomic E-state index is -0.485. The topological polar surface area (TPSA) is 35.5 Å². The van der Waals surface area contributed by atoms with Gasteiger partial charge in [0.25, 0.3) is 0 Å². The van der Waals surface area contributed by atoms with Crippen LogP contribution in [-0.2, 0) is 0 Å². The Balaban J connectivity index is 1.63. The second-order valence-electron chi connectivity index (χ2n) is 7.96. The summed E-state index contributed by atoms with van der Waals surface area (Å²) >= 11 is 0. The summed E-state index contributed by atoms with van der Waals surface area (Å²) in [4.78, 5) is 2.11. The maximum Gasteiger partial charge on any atom is 0.124 e. The maximum atomic E-state index is 10.2. The molecule has 3 atom stereocenters. The average molecular weight is 391 g/mol. The molecule has 0 radical (unpaired) electrons. The Labute approximate surface area is 175 Å². The molecule has 0 spiro atoms. The lowest BCUT2D eigenvalue weighted by atomic mass is 9.91. The van der Waals surface area contributed by atoms with Crippen LogP contribution in [0.3, 0.4) is 0 Å². The molecular formula is C26H34N2O. The van der Waals surface area contributed by atoms with E-state index in [2.05, 4.69) is 78.4 Å². The molecule has 0 bridgehead atoms. The number of aliphatic hydroxyl groups is 1. The number of anilines is 1. The van der Waals surface area contributed by atoms with Crippen molar-refractivity contribution < 1.29 is 5.11 Å². The van der Waals surface area contributed by atoms with Crippen molar-refractivity contribution in [3.8, 4) is 0 Å². The van der Waals surface area contributed by atoms with Crippen LogP contribution in [0.15, 0.2) is 84.5 Å². The summed E-state index contributed by atoms with van der Waals surface area (Å²) in [5.41, 5.74) is 5.05. The third-order valence-corrected chi connectivity index (χ3v) is 5.67. The molecule has 3 unspecified atom stereocenters. The van der Waals surface area contributed by atoms with Crippen molar-refractivity contribution in [1.29, 1.82) is 0 Å². The van der Waals surface area contributed by atoms with Crippen LogP contribution in [0.4, 0.5) is 5.69 Å². The van der Waals surface area contributed by atoms with Gasteiger partial charge in [0, 0.05) is 24.3 Å². The first-order valence-corrected chi connectivity index (χ1v) is 10.7. The molecule has 2 N–H and O–H groups in total. The quantitative estimate of drug-likeness (QED) is 0.568. The molecule has 3 rings (SSSR count). The molecular weight excluding hydrogens is 356 g/mol. The summed E-state index contributed by atoms with van der Waals surface area (Å²) in [5, 5.41) is 13.9. The summed E-state index contributed by atoms with van der Waals surface area (Å²) < 4.78 is 0. The van der Waals surface area contributed by atoms with Crippen LogP contribution in [0.25, 0.3) is 0 Å². The number of hydrogen-bond donors (Lipinski definition) is 2. The molecule has 1 aliphatic heterocycles. The molecule has 1 aromatic rings. The van der Waals surface area contributed by atoms with Gasteiger partial charge in [-0.05, 0) is 62.3 Å². The van der Waals surface area contributed by atoms with Crippen molar-refractivity contribution >= 4 is 5.69 Å². The van der Waals surface area contributed by atoms with E-state index in [4.69, 9.17) is 0 Å². The van der Waals surface area contributed by atoms with Crippen LogP contribution >= 0.6 is 0 Å². The normalized spacial score (nSPS) is 23.1. The molecule has 2 aliphatic rings. The number of benzene rings is 1. The number of aliphatic hydroxyl groups excluding tert-OH is 1. The minimum absolute atomic E-state index is 0.285. The smallest absolute Gasteiger partial charge is 0.124 e. The lowest BCUT2D eigenvalue weighted by Gasteiger charge is -2.42. The second-order valence-corrected chi connectivity index (χ2v) is 7.96. The lowest BCUT2D eigenvalue weighted by Crippen LogP contribution is -2.46. The van der Waals surface area contributed by atoms with Crippen LogP contribution in [0.2, 0.25) is 0 Å². The highest BCUT2D eigenvalue weighted by Gasteiger charge is 2.31. The predicted octanol–water partition coefficient (Wildman–Crippen LogP) is 5.59. The van der Waals surface area contributed by atoms with Gasteiger partial charge in [0.2, 0.25) is 0 Å². The number of fused-ring (bicyclic) bond motifs is 1. The molecule has 0 aromatic heterocycles. The minimum Gasteiger partial charge on any atom is -0.374 e. The molecule has 3 heteroatoms. The molecule has 0 saturated carbocycles. The van der Waals surface area contributed by atoms with Gasteiger partial charge in [0.05, 0.1) is 0 Å². The fraction of sp³-hybridized carbons (Fsp3) is 0.385. The predicted molar refractivity (Wildman–Crippen MR) is 124 cm³/mol. The second kappa shape index (κ2) is 10.4. The van der Waals surface area contributed by atoms with E-state index in [1.165, 1.54) is 16.7 Å². The highest BCUT2D eigenvalue weighted by Crippen LogP contribution is 2.37. The Hall–Kier alpha value is -2.36. The van der Waals surface area contributed by atoms with E-state index < -0.39 is 6.23 Å². The molecule has 1 aromatic carbocycles. The van der Waals surface area contributed by atoms with E-state index in [1.807, 2.05) is 19.1 Å². The number of allylic oxidation sites excluding steroid dienone is 8. The van der Waals surface area contributed by atoms with E-state index in [1.54, 1.807) is 0 Å². The molecule has 154 valence electrons. The van der Waals surface area contributed by atoms with Crippen molar-refractivity contribution in [2.45, 2.75) is 57.8 Å². The summed E-state index contributed by atoms with van der Waals surface area (Å²) in [6, 6.07) is 8.98. The van der Waals surface area contributed by atoms with Gasteiger partial charge in [-0.3, -0.25) is 0 Å². The summed E-state index contributed by atoms with van der Waals surface area (Å²) in [7, 11) is 0. The van der Waals surface area contributed by atoms with Gasteiger partial charge >= 0.3 is 0 Å². The van der Waals surface area contributed by atoms with Crippen LogP contribution in [0.1, 0.15) is 51.1 Å². The van der Waals surface area contributed by atoms with Crippen molar-refractivity contribution in [1.82, 2.24) is 5.32 Å².